The fourth-order valence-corrected chi connectivity index (χ4v) is 4.50. The van der Waals surface area contributed by atoms with Crippen LogP contribution in [0.1, 0.15) is 16.7 Å². The van der Waals surface area contributed by atoms with Crippen LogP contribution in [0.4, 0.5) is 23.2 Å². The molecule has 0 aromatic heterocycles. The van der Waals surface area contributed by atoms with Crippen molar-refractivity contribution in [3.05, 3.63) is 58.1 Å². The first-order valence-electron chi connectivity index (χ1n) is 10.2. The number of alkyl halides is 4. The molecule has 0 aliphatic carbocycles. The number of carbonyl (C=O) groups excluding carboxylic acids is 1. The van der Waals surface area contributed by atoms with Gasteiger partial charge in [-0.25, -0.2) is 9.18 Å². The van der Waals surface area contributed by atoms with E-state index in [-0.39, 0.29) is 10.8 Å². The number of benzene rings is 2. The molecule has 2 heterocycles. The van der Waals surface area contributed by atoms with Crippen LogP contribution < -0.4 is 9.64 Å². The predicted molar refractivity (Wildman–Crippen MR) is 113 cm³/mol. The molecule has 36 heavy (non-hydrogen) atoms. The maximum Gasteiger partial charge on any atom is 0.416 e. The van der Waals surface area contributed by atoms with Gasteiger partial charge in [-0.15, -0.1) is 0 Å². The molecule has 0 unspecified atom stereocenters. The van der Waals surface area contributed by atoms with Crippen molar-refractivity contribution in [1.29, 1.82) is 0 Å². The van der Waals surface area contributed by atoms with E-state index in [1.54, 1.807) is 0 Å². The van der Waals surface area contributed by atoms with Crippen LogP contribution in [0, 0.1) is 0 Å². The van der Waals surface area contributed by atoms with E-state index < -0.39 is 76.7 Å². The maximum atomic E-state index is 16.9. The lowest BCUT2D eigenvalue weighted by Gasteiger charge is -2.42. The third-order valence-electron chi connectivity index (χ3n) is 6.09. The highest BCUT2D eigenvalue weighted by atomic mass is 35.5. The number of anilines is 1. The number of hydrogen-bond donors (Lipinski definition) is 4. The number of methoxy groups -OCH3 is 1. The second-order valence-corrected chi connectivity index (χ2v) is 8.60. The average Bonchev–Trinajstić information content (AvgIpc) is 3.04. The summed E-state index contributed by atoms with van der Waals surface area (Å²) in [7, 11) is 1.16. The first kappa shape index (κ1) is 26.1. The van der Waals surface area contributed by atoms with Crippen LogP contribution in [0.15, 0.2) is 36.4 Å². The minimum atomic E-state index is -4.93. The highest BCUT2D eigenvalue weighted by molar-refractivity contribution is 6.30. The van der Waals surface area contributed by atoms with Crippen molar-refractivity contribution in [3.63, 3.8) is 0 Å². The van der Waals surface area contributed by atoms with Crippen molar-refractivity contribution < 1.29 is 57.1 Å². The summed E-state index contributed by atoms with van der Waals surface area (Å²) in [6, 6.07) is 5.25. The Bertz CT molecular complexity index is 1230. The largest absolute Gasteiger partial charge is 0.496 e. The molecule has 9 nitrogen and oxygen atoms in total. The van der Waals surface area contributed by atoms with Crippen LogP contribution in [0.2, 0.25) is 5.02 Å². The molecule has 0 saturated carbocycles. The molecule has 0 spiro atoms. The fraction of sp³-hybridized carbons (Fsp3) is 0.364. The molecule has 0 radical (unpaired) electrons. The summed E-state index contributed by atoms with van der Waals surface area (Å²) in [6.07, 6.45) is -15.9. The Morgan fingerprint density at radius 2 is 1.75 bits per heavy atom. The summed E-state index contributed by atoms with van der Waals surface area (Å²) in [5.41, 5.74) is -6.31. The summed E-state index contributed by atoms with van der Waals surface area (Å²) in [4.78, 5) is 25.4. The molecule has 2 aliphatic heterocycles. The van der Waals surface area contributed by atoms with Gasteiger partial charge in [0, 0.05) is 16.1 Å². The summed E-state index contributed by atoms with van der Waals surface area (Å²) in [5, 5.41) is 39.9. The number of ether oxygens (including phenoxy) is 2. The monoisotopic (exact) mass is 535 g/mol. The first-order valence-corrected chi connectivity index (χ1v) is 10.6. The molecule has 4 N–H and O–H groups in total. The molecular formula is C22H18ClF4NO8. The molecule has 2 aromatic carbocycles. The quantitative estimate of drug-likeness (QED) is 0.435. The highest BCUT2D eigenvalue weighted by Crippen LogP contribution is 2.53. The molecule has 6 atom stereocenters. The zero-order valence-electron chi connectivity index (χ0n) is 18.1. The molecule has 0 bridgehead atoms. The number of carbonyl (C=O) groups is 2. The van der Waals surface area contributed by atoms with E-state index in [2.05, 4.69) is 0 Å². The number of nitrogens with zero attached hydrogens (tertiary/aromatic N) is 1. The first-order chi connectivity index (χ1) is 16.7. The van der Waals surface area contributed by atoms with Crippen molar-refractivity contribution in [2.45, 2.75) is 42.5 Å². The van der Waals surface area contributed by atoms with Crippen molar-refractivity contribution in [1.82, 2.24) is 0 Å². The summed E-state index contributed by atoms with van der Waals surface area (Å²) < 4.78 is 67.6. The number of hydrogen-bond acceptors (Lipinski definition) is 7. The zero-order chi connectivity index (χ0) is 26.7. The minimum absolute atomic E-state index is 0.0408. The van der Waals surface area contributed by atoms with E-state index in [9.17, 15) is 43.2 Å². The normalized spacial score (nSPS) is 30.3. The summed E-state index contributed by atoms with van der Waals surface area (Å²) >= 11 is 5.98. The smallest absolute Gasteiger partial charge is 0.416 e. The van der Waals surface area contributed by atoms with Gasteiger partial charge in [-0.1, -0.05) is 17.7 Å². The third kappa shape index (κ3) is 3.87. The molecule has 4 rings (SSSR count). The van der Waals surface area contributed by atoms with Gasteiger partial charge in [-0.3, -0.25) is 9.69 Å². The van der Waals surface area contributed by atoms with Gasteiger partial charge in [0.2, 0.25) is 5.67 Å². The molecule has 1 saturated heterocycles. The van der Waals surface area contributed by atoms with Gasteiger partial charge in [0.1, 0.15) is 24.1 Å². The number of carboxylic acids is 1. The van der Waals surface area contributed by atoms with E-state index in [0.29, 0.717) is 23.1 Å². The Balaban J connectivity index is 1.96. The number of carboxylic acid groups (broad SMARTS) is 1. The lowest BCUT2D eigenvalue weighted by atomic mass is 9.88. The van der Waals surface area contributed by atoms with Gasteiger partial charge >= 0.3 is 12.1 Å². The van der Waals surface area contributed by atoms with Crippen LogP contribution >= 0.6 is 11.6 Å². The molecule has 1 amide bonds. The van der Waals surface area contributed by atoms with E-state index in [1.807, 2.05) is 0 Å². The highest BCUT2D eigenvalue weighted by Gasteiger charge is 2.60. The number of rotatable bonds is 4. The number of aliphatic carboxylic acids is 1. The summed E-state index contributed by atoms with van der Waals surface area (Å²) in [6.45, 7) is 0. The Morgan fingerprint density at radius 3 is 2.33 bits per heavy atom. The van der Waals surface area contributed by atoms with E-state index in [1.165, 1.54) is 12.1 Å². The number of halogens is 5. The van der Waals surface area contributed by atoms with Gasteiger partial charge < -0.3 is 29.9 Å². The van der Waals surface area contributed by atoms with E-state index in [4.69, 9.17) is 21.1 Å². The number of aliphatic hydroxyl groups excluding tert-OH is 3. The average molecular weight is 536 g/mol. The Morgan fingerprint density at radius 1 is 1.08 bits per heavy atom. The van der Waals surface area contributed by atoms with Crippen molar-refractivity contribution in [2.75, 3.05) is 12.0 Å². The number of amides is 1. The summed E-state index contributed by atoms with van der Waals surface area (Å²) in [5.74, 6) is -3.57. The van der Waals surface area contributed by atoms with E-state index in [0.717, 1.165) is 13.2 Å². The van der Waals surface area contributed by atoms with Gasteiger partial charge in [-0.2, -0.15) is 13.2 Å². The molecule has 14 heteroatoms. The number of aliphatic hydroxyl groups is 3. The third-order valence-corrected chi connectivity index (χ3v) is 6.32. The molecule has 2 aromatic rings. The van der Waals surface area contributed by atoms with Gasteiger partial charge in [0.15, 0.2) is 12.3 Å². The Kier molecular flexibility index (Phi) is 6.42. The van der Waals surface area contributed by atoms with Crippen LogP contribution in [-0.4, -0.2) is 70.1 Å². The second-order valence-electron chi connectivity index (χ2n) is 8.17. The maximum absolute atomic E-state index is 16.9. The predicted octanol–water partition coefficient (Wildman–Crippen LogP) is 1.82. The van der Waals surface area contributed by atoms with Crippen LogP contribution in [0.5, 0.6) is 5.75 Å². The van der Waals surface area contributed by atoms with Gasteiger partial charge in [0.05, 0.1) is 18.4 Å². The fourth-order valence-electron chi connectivity index (χ4n) is 4.33. The molecule has 194 valence electrons. The van der Waals surface area contributed by atoms with Crippen molar-refractivity contribution >= 4 is 29.2 Å². The molecule has 2 aliphatic rings. The second kappa shape index (κ2) is 8.85. The van der Waals surface area contributed by atoms with Crippen molar-refractivity contribution in [3.8, 4) is 5.75 Å². The van der Waals surface area contributed by atoms with E-state index >= 15 is 4.39 Å². The van der Waals surface area contributed by atoms with Crippen LogP contribution in [-0.2, 0) is 26.2 Å². The molecule has 1 fully saturated rings. The zero-order valence-corrected chi connectivity index (χ0v) is 18.9. The number of fused-ring (bicyclic) bond motifs is 1. The molecular weight excluding hydrogens is 518 g/mol. The standard InChI is InChI=1S/C22H18ClF4NO8/c1-35-13-5-3-9(23)7-11(13)21(24)10-4-2-8(22(25,26)27)6-12(10)28(20(21)34)18-16(31)14(29)15(30)17(36-18)19(32)33/h2-7,14-18,29-31H,1H3,(H,32,33)/t14-,15-,16+,17-,18+,21-/m0/s1. The van der Waals surface area contributed by atoms with Crippen molar-refractivity contribution in [2.24, 2.45) is 0 Å². The van der Waals surface area contributed by atoms with Gasteiger partial charge in [-0.05, 0) is 30.3 Å². The van der Waals surface area contributed by atoms with Gasteiger partial charge in [0.25, 0.3) is 5.91 Å². The lowest BCUT2D eigenvalue weighted by molar-refractivity contribution is -0.227. The SMILES string of the molecule is COc1ccc(Cl)cc1[C@]1(F)C(=O)N([C@@H]2O[C@H](C(=O)O)[C@@H](O)[C@H](O)[C@H]2O)c2cc(C(F)(F)F)ccc21. The topological polar surface area (TPSA) is 137 Å². The Labute approximate surface area is 205 Å². The van der Waals surface area contributed by atoms with Crippen LogP contribution in [0.25, 0.3) is 0 Å². The minimum Gasteiger partial charge on any atom is -0.496 e. The lowest BCUT2D eigenvalue weighted by Crippen LogP contribution is -2.65. The van der Waals surface area contributed by atoms with Crippen LogP contribution in [0.3, 0.4) is 0 Å². The Hall–Kier alpha value is -2.97.